The summed E-state index contributed by atoms with van der Waals surface area (Å²) in [4.78, 5) is 34.1. The maximum Gasteiger partial charge on any atom is 0.303 e. The molecule has 0 spiro atoms. The Balaban J connectivity index is 1.94. The van der Waals surface area contributed by atoms with Crippen LogP contribution in [0.1, 0.15) is 94.0 Å². The summed E-state index contributed by atoms with van der Waals surface area (Å²) in [6.07, 6.45) is 11.2. The summed E-state index contributed by atoms with van der Waals surface area (Å²) in [7, 11) is 2.10. The summed E-state index contributed by atoms with van der Waals surface area (Å²) < 4.78 is 2.25. The van der Waals surface area contributed by atoms with E-state index in [0.29, 0.717) is 12.8 Å². The predicted octanol–water partition coefficient (Wildman–Crippen LogP) is 3.03. The lowest BCUT2D eigenvalue weighted by atomic mass is 10.0. The van der Waals surface area contributed by atoms with Gasteiger partial charge in [0.15, 0.2) is 0 Å². The van der Waals surface area contributed by atoms with Crippen molar-refractivity contribution < 1.29 is 19.8 Å². The van der Waals surface area contributed by atoms with Crippen LogP contribution >= 0.6 is 0 Å². The van der Waals surface area contributed by atoms with Gasteiger partial charge in [-0.1, -0.05) is 13.8 Å². The Bertz CT molecular complexity index is 2010. The van der Waals surface area contributed by atoms with Crippen LogP contribution in [-0.2, 0) is 42.3 Å². The normalized spacial score (nSPS) is 12.3. The van der Waals surface area contributed by atoms with E-state index < -0.39 is 11.9 Å². The van der Waals surface area contributed by atoms with Gasteiger partial charge in [-0.25, -0.2) is 0 Å². The number of fused-ring (bicyclic) bond motifs is 8. The zero-order valence-corrected chi connectivity index (χ0v) is 26.2. The monoisotopic (exact) mass is 582 g/mol. The van der Waals surface area contributed by atoms with Gasteiger partial charge in [0.05, 0.1) is 0 Å². The lowest BCUT2D eigenvalue weighted by molar-refractivity contribution is -0.138. The van der Waals surface area contributed by atoms with Crippen LogP contribution in [0, 0.1) is 27.7 Å². The van der Waals surface area contributed by atoms with Crippen LogP contribution in [0.2, 0.25) is 0 Å². The molecule has 226 valence electrons. The molecule has 4 aromatic rings. The number of nitrogens with zero attached hydrogens (tertiary/aromatic N) is 1. The largest absolute Gasteiger partial charge is 0.481 e. The minimum Gasteiger partial charge on any atom is -0.481 e. The SMILES string of the molecule is CCc1c(C)c2n(C)c1C=c1[nH]c(c(CC)c1C)=Cc1[nH]c(c(CCC(=O)O)c1C)C=c1[nH]c(c(C)c1CCC(=O)O)=C2. The number of aliphatic carboxylic acids is 2. The molecule has 8 nitrogen and oxygen atoms in total. The summed E-state index contributed by atoms with van der Waals surface area (Å²) in [5, 5.41) is 22.9. The summed E-state index contributed by atoms with van der Waals surface area (Å²) in [5.41, 5.74) is 12.9. The molecule has 0 saturated carbocycles. The number of H-pyrrole nitrogens is 3. The van der Waals surface area contributed by atoms with Gasteiger partial charge in [-0.2, -0.15) is 0 Å². The number of carboxylic acids is 2. The van der Waals surface area contributed by atoms with E-state index in [2.05, 4.69) is 72.5 Å². The van der Waals surface area contributed by atoms with Crippen LogP contribution in [0.4, 0.5) is 0 Å². The fourth-order valence-corrected chi connectivity index (χ4v) is 6.73. The molecule has 0 radical (unpaired) electrons. The Morgan fingerprint density at radius 2 is 1.12 bits per heavy atom. The second kappa shape index (κ2) is 11.7. The molecule has 4 aromatic heterocycles. The third kappa shape index (κ3) is 5.42. The van der Waals surface area contributed by atoms with Crippen molar-refractivity contribution in [3.05, 3.63) is 88.7 Å². The minimum atomic E-state index is -0.845. The average molecular weight is 583 g/mol. The molecule has 0 saturated heterocycles. The van der Waals surface area contributed by atoms with Crippen molar-refractivity contribution in [3.63, 3.8) is 0 Å². The van der Waals surface area contributed by atoms with E-state index in [1.807, 2.05) is 19.9 Å². The fourth-order valence-electron chi connectivity index (χ4n) is 6.73. The first-order valence-electron chi connectivity index (χ1n) is 15.1. The molecule has 1 aliphatic rings. The highest BCUT2D eigenvalue weighted by molar-refractivity contribution is 5.70. The number of hydrogen-bond acceptors (Lipinski definition) is 2. The van der Waals surface area contributed by atoms with Crippen LogP contribution in [-0.4, -0.2) is 41.7 Å². The molecule has 5 rings (SSSR count). The van der Waals surface area contributed by atoms with E-state index >= 15 is 0 Å². The quantitative estimate of drug-likeness (QED) is 0.193. The highest BCUT2D eigenvalue weighted by atomic mass is 16.4. The first kappa shape index (κ1) is 30.0. The molecule has 5 N–H and O–H groups in total. The van der Waals surface area contributed by atoms with Crippen LogP contribution in [0.25, 0.3) is 24.3 Å². The highest BCUT2D eigenvalue weighted by Crippen LogP contribution is 2.25. The molecular weight excluding hydrogens is 540 g/mol. The van der Waals surface area contributed by atoms with Crippen LogP contribution in [0.3, 0.4) is 0 Å². The standard InChI is InChI=1S/C35H42N4O4/c1-8-22-18(3)28-17-33-23(9-2)21(6)32(39(33)7)16-27-20(5)25(11-13-35(42)43)31(38-27)15-30-24(10-12-34(40)41)19(4)26(36-30)14-29(22)37-28/h14-17,36-38H,8-13H2,1-7H3,(H,40,41)(H,42,43). The Morgan fingerprint density at radius 1 is 0.605 bits per heavy atom. The molecule has 1 aliphatic heterocycles. The fraction of sp³-hybridized carbons (Fsp3) is 0.371. The van der Waals surface area contributed by atoms with Crippen molar-refractivity contribution in [1.29, 1.82) is 0 Å². The number of rotatable bonds is 8. The van der Waals surface area contributed by atoms with Crippen LogP contribution < -0.4 is 21.4 Å². The highest BCUT2D eigenvalue weighted by Gasteiger charge is 2.18. The van der Waals surface area contributed by atoms with Gasteiger partial charge in [0.1, 0.15) is 0 Å². The minimum absolute atomic E-state index is 0.0171. The van der Waals surface area contributed by atoms with Gasteiger partial charge < -0.3 is 29.7 Å². The summed E-state index contributed by atoms with van der Waals surface area (Å²) >= 11 is 0. The van der Waals surface area contributed by atoms with Crippen molar-refractivity contribution in [1.82, 2.24) is 19.5 Å². The second-order valence-corrected chi connectivity index (χ2v) is 11.7. The summed E-state index contributed by atoms with van der Waals surface area (Å²) in [6.45, 7) is 12.8. The summed E-state index contributed by atoms with van der Waals surface area (Å²) in [5.74, 6) is -1.69. The smallest absolute Gasteiger partial charge is 0.303 e. The number of aromatic amines is 3. The number of carboxylic acid groups (broad SMARTS) is 2. The van der Waals surface area contributed by atoms with E-state index in [0.717, 1.165) is 79.3 Å². The van der Waals surface area contributed by atoms with Gasteiger partial charge in [-0.3, -0.25) is 9.59 Å². The maximum absolute atomic E-state index is 11.6. The Morgan fingerprint density at radius 3 is 1.70 bits per heavy atom. The average Bonchev–Trinajstić information content (AvgIpc) is 3.59. The lowest BCUT2D eigenvalue weighted by Crippen LogP contribution is -2.14. The van der Waals surface area contributed by atoms with Crippen molar-refractivity contribution in [2.75, 3.05) is 0 Å². The van der Waals surface area contributed by atoms with E-state index in [1.165, 1.54) is 22.3 Å². The van der Waals surface area contributed by atoms with Gasteiger partial charge in [-0.15, -0.1) is 0 Å². The molecule has 0 atom stereocenters. The molecule has 5 heterocycles. The van der Waals surface area contributed by atoms with Gasteiger partial charge in [0.25, 0.3) is 0 Å². The van der Waals surface area contributed by atoms with Gasteiger partial charge in [0, 0.05) is 64.1 Å². The van der Waals surface area contributed by atoms with E-state index in [9.17, 15) is 19.8 Å². The second-order valence-electron chi connectivity index (χ2n) is 11.7. The van der Waals surface area contributed by atoms with Crippen molar-refractivity contribution in [2.24, 2.45) is 7.05 Å². The van der Waals surface area contributed by atoms with Gasteiger partial charge >= 0.3 is 11.9 Å². The van der Waals surface area contributed by atoms with E-state index in [-0.39, 0.29) is 12.8 Å². The first-order valence-corrected chi connectivity index (χ1v) is 15.1. The first-order chi connectivity index (χ1) is 20.4. The third-order valence-corrected chi connectivity index (χ3v) is 9.25. The molecule has 8 heteroatoms. The van der Waals surface area contributed by atoms with Gasteiger partial charge in [0.2, 0.25) is 0 Å². The number of hydrogen-bond donors (Lipinski definition) is 5. The van der Waals surface area contributed by atoms with Crippen molar-refractivity contribution >= 4 is 36.2 Å². The molecular formula is C35H42N4O4. The topological polar surface area (TPSA) is 127 Å². The zero-order chi connectivity index (χ0) is 31.2. The predicted molar refractivity (Wildman–Crippen MR) is 170 cm³/mol. The van der Waals surface area contributed by atoms with E-state index in [4.69, 9.17) is 0 Å². The molecule has 0 unspecified atom stereocenters. The van der Waals surface area contributed by atoms with Crippen molar-refractivity contribution in [3.8, 4) is 0 Å². The maximum atomic E-state index is 11.6. The third-order valence-electron chi connectivity index (χ3n) is 9.25. The Kier molecular flexibility index (Phi) is 8.14. The Labute approximate surface area is 251 Å². The molecule has 0 aromatic carbocycles. The van der Waals surface area contributed by atoms with Crippen molar-refractivity contribution in [2.45, 2.75) is 80.1 Å². The molecule has 0 aliphatic carbocycles. The zero-order valence-electron chi connectivity index (χ0n) is 26.2. The lowest BCUT2D eigenvalue weighted by Gasteiger charge is -2.03. The van der Waals surface area contributed by atoms with Gasteiger partial charge in [-0.05, 0) is 122 Å². The van der Waals surface area contributed by atoms with Crippen LogP contribution in [0.5, 0.6) is 0 Å². The Hall–Kier alpha value is -4.46. The molecule has 0 amide bonds. The molecule has 43 heavy (non-hydrogen) atoms. The molecule has 0 fully saturated rings. The number of carbonyl (C=O) groups is 2. The number of aromatic nitrogens is 4. The van der Waals surface area contributed by atoms with Crippen LogP contribution in [0.15, 0.2) is 0 Å². The summed E-state index contributed by atoms with van der Waals surface area (Å²) in [6, 6.07) is 0. The van der Waals surface area contributed by atoms with E-state index in [1.54, 1.807) is 0 Å². The number of nitrogens with one attached hydrogen (secondary N) is 3. The molecule has 8 bridgehead atoms.